The van der Waals surface area contributed by atoms with Crippen molar-refractivity contribution in [3.05, 3.63) is 88.3 Å². The fourth-order valence-corrected chi connectivity index (χ4v) is 5.01. The van der Waals surface area contributed by atoms with Gasteiger partial charge in [0, 0.05) is 29.4 Å². The molecule has 1 fully saturated rings. The van der Waals surface area contributed by atoms with E-state index in [9.17, 15) is 19.5 Å². The second-order valence-corrected chi connectivity index (χ2v) is 10.5. The Morgan fingerprint density at radius 2 is 1.79 bits per heavy atom. The Hall–Kier alpha value is -4.24. The van der Waals surface area contributed by atoms with E-state index in [1.807, 2.05) is 25.1 Å². The Bertz CT molecular complexity index is 1440. The Labute approximate surface area is 224 Å². The molecule has 4 N–H and O–H groups in total. The number of hydrogen-bond acceptors (Lipinski definition) is 6. The average Bonchev–Trinajstić information content (AvgIpc) is 3.64. The van der Waals surface area contributed by atoms with Crippen LogP contribution in [0.15, 0.2) is 66.8 Å². The minimum Gasteiger partial charge on any atom is -0.478 e. The highest BCUT2D eigenvalue weighted by Gasteiger charge is 2.24. The van der Waals surface area contributed by atoms with Crippen LogP contribution in [-0.2, 0) is 0 Å². The van der Waals surface area contributed by atoms with E-state index in [4.69, 9.17) is 4.98 Å². The van der Waals surface area contributed by atoms with Gasteiger partial charge in [0.1, 0.15) is 4.88 Å². The molecule has 194 valence electrons. The maximum absolute atomic E-state index is 13.3. The fraction of sp³-hybridized carbons (Fsp3) is 0.241. The van der Waals surface area contributed by atoms with Crippen LogP contribution in [0.25, 0.3) is 11.3 Å². The second-order valence-electron chi connectivity index (χ2n) is 9.50. The lowest BCUT2D eigenvalue weighted by Crippen LogP contribution is -2.28. The van der Waals surface area contributed by atoms with Crippen LogP contribution in [0, 0.1) is 12.8 Å². The van der Waals surface area contributed by atoms with Crippen LogP contribution >= 0.6 is 11.3 Å². The number of hydrogen-bond donors (Lipinski definition) is 4. The third-order valence-electron chi connectivity index (χ3n) is 6.49. The molecule has 1 unspecified atom stereocenters. The summed E-state index contributed by atoms with van der Waals surface area (Å²) in [4.78, 5) is 42.3. The van der Waals surface area contributed by atoms with Crippen LogP contribution in [0.5, 0.6) is 0 Å². The molecule has 1 saturated carbocycles. The number of allylic oxidation sites excluding steroid dienone is 3. The number of anilines is 2. The molecule has 2 aromatic carbocycles. The SMILES string of the molecule is Cc1ccc(C(=O)NC2CC2)cc1Nc1nc(-c2ccc(C(=O)O)cc2)c(C(=O)NCC2C=CC=CC2)s1. The van der Waals surface area contributed by atoms with E-state index in [-0.39, 0.29) is 29.3 Å². The van der Waals surface area contributed by atoms with Gasteiger partial charge in [0.25, 0.3) is 11.8 Å². The van der Waals surface area contributed by atoms with Crippen LogP contribution in [0.3, 0.4) is 0 Å². The van der Waals surface area contributed by atoms with Crippen LogP contribution in [0.1, 0.15) is 55.2 Å². The number of aromatic nitrogens is 1. The minimum absolute atomic E-state index is 0.111. The molecule has 0 saturated heterocycles. The first-order valence-corrected chi connectivity index (χ1v) is 13.3. The molecule has 5 rings (SSSR count). The molecule has 3 aromatic rings. The lowest BCUT2D eigenvalue weighted by molar-refractivity contribution is 0.0696. The van der Waals surface area contributed by atoms with Gasteiger partial charge in [-0.15, -0.1) is 0 Å². The number of aromatic carboxylic acids is 1. The first-order valence-electron chi connectivity index (χ1n) is 12.5. The zero-order valence-electron chi connectivity index (χ0n) is 20.9. The Morgan fingerprint density at radius 3 is 2.47 bits per heavy atom. The molecule has 9 heteroatoms. The third kappa shape index (κ3) is 6.00. The molecule has 38 heavy (non-hydrogen) atoms. The predicted molar refractivity (Wildman–Crippen MR) is 148 cm³/mol. The van der Waals surface area contributed by atoms with Gasteiger partial charge in [-0.05, 0) is 61.9 Å². The Kier molecular flexibility index (Phi) is 7.37. The Morgan fingerprint density at radius 1 is 1.03 bits per heavy atom. The van der Waals surface area contributed by atoms with Crippen molar-refractivity contribution in [2.45, 2.75) is 32.2 Å². The molecule has 0 aliphatic heterocycles. The van der Waals surface area contributed by atoms with E-state index < -0.39 is 5.97 Å². The van der Waals surface area contributed by atoms with Gasteiger partial charge >= 0.3 is 5.97 Å². The van der Waals surface area contributed by atoms with Crippen molar-refractivity contribution in [1.29, 1.82) is 0 Å². The number of benzene rings is 2. The number of rotatable bonds is 9. The number of thiazole rings is 1. The minimum atomic E-state index is -1.02. The van der Waals surface area contributed by atoms with Crippen molar-refractivity contribution in [3.8, 4) is 11.3 Å². The number of carboxylic acids is 1. The van der Waals surface area contributed by atoms with Crippen molar-refractivity contribution in [3.63, 3.8) is 0 Å². The molecule has 2 aliphatic rings. The van der Waals surface area contributed by atoms with Crippen molar-refractivity contribution < 1.29 is 19.5 Å². The van der Waals surface area contributed by atoms with Gasteiger partial charge < -0.3 is 21.1 Å². The number of aryl methyl sites for hydroxylation is 1. The molecule has 0 radical (unpaired) electrons. The topological polar surface area (TPSA) is 120 Å². The summed E-state index contributed by atoms with van der Waals surface area (Å²) in [6, 6.07) is 12.0. The van der Waals surface area contributed by atoms with Crippen LogP contribution < -0.4 is 16.0 Å². The van der Waals surface area contributed by atoms with Gasteiger partial charge in [0.05, 0.1) is 11.3 Å². The maximum Gasteiger partial charge on any atom is 0.335 e. The van der Waals surface area contributed by atoms with Crippen LogP contribution in [0.2, 0.25) is 0 Å². The van der Waals surface area contributed by atoms with Gasteiger partial charge in [-0.1, -0.05) is 53.8 Å². The number of carboxylic acid groups (broad SMARTS) is 1. The molecule has 1 heterocycles. The van der Waals surface area contributed by atoms with E-state index >= 15 is 0 Å². The van der Waals surface area contributed by atoms with Gasteiger partial charge in [0.15, 0.2) is 5.13 Å². The lowest BCUT2D eigenvalue weighted by Gasteiger charge is -2.13. The molecule has 0 bridgehead atoms. The van der Waals surface area contributed by atoms with Crippen LogP contribution in [0.4, 0.5) is 10.8 Å². The fourth-order valence-electron chi connectivity index (χ4n) is 4.09. The van der Waals surface area contributed by atoms with Crippen molar-refractivity contribution >= 4 is 39.9 Å². The first kappa shape index (κ1) is 25.4. The summed E-state index contributed by atoms with van der Waals surface area (Å²) in [6.07, 6.45) is 11.0. The van der Waals surface area contributed by atoms with E-state index in [1.165, 1.54) is 23.5 Å². The number of nitrogens with one attached hydrogen (secondary N) is 3. The molecular weight excluding hydrogens is 500 g/mol. The van der Waals surface area contributed by atoms with Gasteiger partial charge in [-0.2, -0.15) is 0 Å². The zero-order valence-corrected chi connectivity index (χ0v) is 21.7. The normalized spacial score (nSPS) is 16.2. The molecular formula is C29H28N4O4S. The number of carbonyl (C=O) groups excluding carboxylic acids is 2. The lowest BCUT2D eigenvalue weighted by atomic mass is 10.0. The molecule has 2 amide bonds. The van der Waals surface area contributed by atoms with Crippen molar-refractivity contribution in [2.75, 3.05) is 11.9 Å². The summed E-state index contributed by atoms with van der Waals surface area (Å²) in [6.45, 7) is 2.43. The van der Waals surface area contributed by atoms with Crippen LogP contribution in [-0.4, -0.2) is 40.5 Å². The first-order chi connectivity index (χ1) is 18.4. The summed E-state index contributed by atoms with van der Waals surface area (Å²) in [5.41, 5.74) is 3.46. The van der Waals surface area contributed by atoms with E-state index in [2.05, 4.69) is 28.1 Å². The largest absolute Gasteiger partial charge is 0.478 e. The zero-order chi connectivity index (χ0) is 26.6. The monoisotopic (exact) mass is 528 g/mol. The molecule has 1 atom stereocenters. The quantitative estimate of drug-likeness (QED) is 0.299. The summed E-state index contributed by atoms with van der Waals surface area (Å²) in [7, 11) is 0. The van der Waals surface area contributed by atoms with E-state index in [0.29, 0.717) is 33.4 Å². The second kappa shape index (κ2) is 11.0. The standard InChI is InChI=1S/C29H28N4O4S/c1-17-7-8-21(26(34)31-22-13-14-22)15-23(17)32-29-33-24(19-9-11-20(12-10-19)28(36)37)25(38-29)27(35)30-16-18-5-3-2-4-6-18/h2-5,7-12,15,18,22H,6,13-14,16H2,1H3,(H,30,35)(H,31,34)(H,32,33)(H,36,37). The smallest absolute Gasteiger partial charge is 0.335 e. The molecule has 2 aliphatic carbocycles. The molecule has 0 spiro atoms. The highest BCUT2D eigenvalue weighted by molar-refractivity contribution is 7.18. The number of carbonyl (C=O) groups is 3. The van der Waals surface area contributed by atoms with Crippen molar-refractivity contribution in [1.82, 2.24) is 15.6 Å². The molecule has 8 nitrogen and oxygen atoms in total. The van der Waals surface area contributed by atoms with Gasteiger partial charge in [0.2, 0.25) is 0 Å². The summed E-state index contributed by atoms with van der Waals surface area (Å²) < 4.78 is 0. The highest BCUT2D eigenvalue weighted by Crippen LogP contribution is 2.34. The van der Waals surface area contributed by atoms with E-state index in [0.717, 1.165) is 30.5 Å². The third-order valence-corrected chi connectivity index (χ3v) is 7.46. The average molecular weight is 529 g/mol. The van der Waals surface area contributed by atoms with Gasteiger partial charge in [-0.25, -0.2) is 9.78 Å². The predicted octanol–water partition coefficient (Wildman–Crippen LogP) is 5.31. The number of amides is 2. The van der Waals surface area contributed by atoms with E-state index in [1.54, 1.807) is 24.3 Å². The van der Waals surface area contributed by atoms with Gasteiger partial charge in [-0.3, -0.25) is 9.59 Å². The molecule has 1 aromatic heterocycles. The van der Waals surface area contributed by atoms with Crippen molar-refractivity contribution in [2.24, 2.45) is 5.92 Å². The summed E-state index contributed by atoms with van der Waals surface area (Å²) in [5, 5.41) is 19.1. The maximum atomic E-state index is 13.3. The Balaban J connectivity index is 1.42. The highest BCUT2D eigenvalue weighted by atomic mass is 32.1. The summed E-state index contributed by atoms with van der Waals surface area (Å²) in [5.74, 6) is -1.16. The summed E-state index contributed by atoms with van der Waals surface area (Å²) >= 11 is 1.21. The number of nitrogens with zero attached hydrogens (tertiary/aromatic N) is 1.